The van der Waals surface area contributed by atoms with Gasteiger partial charge in [-0.2, -0.15) is 0 Å². The Morgan fingerprint density at radius 1 is 1.18 bits per heavy atom. The number of thiophene rings is 1. The predicted octanol–water partition coefficient (Wildman–Crippen LogP) is 4.03. The molecule has 2 aromatic rings. The van der Waals surface area contributed by atoms with Crippen molar-refractivity contribution in [2.45, 2.75) is 26.4 Å². The van der Waals surface area contributed by atoms with Gasteiger partial charge in [-0.25, -0.2) is 0 Å². The summed E-state index contributed by atoms with van der Waals surface area (Å²) in [6.45, 7) is 4.42. The molecule has 1 unspecified atom stereocenters. The van der Waals surface area contributed by atoms with Crippen LogP contribution in [0, 0.1) is 5.92 Å². The van der Waals surface area contributed by atoms with Gasteiger partial charge in [-0.05, 0) is 34.9 Å². The van der Waals surface area contributed by atoms with Crippen LogP contribution in [0.4, 0.5) is 0 Å². The van der Waals surface area contributed by atoms with Gasteiger partial charge in [0, 0.05) is 4.88 Å². The number of aliphatic hydroxyl groups is 1. The van der Waals surface area contributed by atoms with E-state index in [1.54, 1.807) is 11.3 Å². The van der Waals surface area contributed by atoms with E-state index in [-0.39, 0.29) is 0 Å². The lowest BCUT2D eigenvalue weighted by molar-refractivity contribution is 0.224. The fraction of sp³-hybridized carbons (Fsp3) is 0.333. The average Bonchev–Trinajstić information content (AvgIpc) is 2.81. The zero-order chi connectivity index (χ0) is 12.3. The van der Waals surface area contributed by atoms with Gasteiger partial charge in [0.2, 0.25) is 0 Å². The van der Waals surface area contributed by atoms with Gasteiger partial charge in [-0.3, -0.25) is 0 Å². The van der Waals surface area contributed by atoms with Crippen molar-refractivity contribution in [1.29, 1.82) is 0 Å². The molecule has 0 saturated heterocycles. The molecule has 1 atom stereocenters. The number of hydrogen-bond acceptors (Lipinski definition) is 2. The van der Waals surface area contributed by atoms with E-state index in [4.69, 9.17) is 0 Å². The van der Waals surface area contributed by atoms with Crippen LogP contribution in [0.5, 0.6) is 0 Å². The summed E-state index contributed by atoms with van der Waals surface area (Å²) in [7, 11) is 0. The van der Waals surface area contributed by atoms with Crippen molar-refractivity contribution in [3.8, 4) is 0 Å². The summed E-state index contributed by atoms with van der Waals surface area (Å²) in [4.78, 5) is 1.01. The quantitative estimate of drug-likeness (QED) is 0.863. The van der Waals surface area contributed by atoms with Gasteiger partial charge >= 0.3 is 0 Å². The molecule has 0 amide bonds. The van der Waals surface area contributed by atoms with Gasteiger partial charge in [0.15, 0.2) is 0 Å². The molecule has 0 aliphatic heterocycles. The lowest BCUT2D eigenvalue weighted by atomic mass is 9.99. The third-order valence-electron chi connectivity index (χ3n) is 2.72. The van der Waals surface area contributed by atoms with Crippen LogP contribution in [0.25, 0.3) is 0 Å². The molecular formula is C15H18OS. The van der Waals surface area contributed by atoms with E-state index in [0.717, 1.165) is 16.9 Å². The van der Waals surface area contributed by atoms with Crippen molar-refractivity contribution in [2.75, 3.05) is 0 Å². The van der Waals surface area contributed by atoms with Crippen LogP contribution >= 0.6 is 11.3 Å². The van der Waals surface area contributed by atoms with Crippen LogP contribution in [-0.4, -0.2) is 5.11 Å². The molecular weight excluding hydrogens is 228 g/mol. The Bertz CT molecular complexity index is 460. The highest BCUT2D eigenvalue weighted by Crippen LogP contribution is 2.26. The van der Waals surface area contributed by atoms with Crippen LogP contribution < -0.4 is 0 Å². The van der Waals surface area contributed by atoms with Crippen molar-refractivity contribution in [2.24, 2.45) is 5.92 Å². The molecule has 1 aromatic carbocycles. The molecule has 1 aromatic heterocycles. The highest BCUT2D eigenvalue weighted by atomic mass is 32.1. The predicted molar refractivity (Wildman–Crippen MR) is 73.4 cm³/mol. The second kappa shape index (κ2) is 5.48. The topological polar surface area (TPSA) is 20.2 Å². The van der Waals surface area contributed by atoms with Crippen molar-refractivity contribution < 1.29 is 5.11 Å². The summed E-state index contributed by atoms with van der Waals surface area (Å²) in [5.41, 5.74) is 2.29. The molecule has 90 valence electrons. The Hall–Kier alpha value is -1.12. The monoisotopic (exact) mass is 246 g/mol. The summed E-state index contributed by atoms with van der Waals surface area (Å²) in [6, 6.07) is 12.2. The first kappa shape index (κ1) is 12.3. The van der Waals surface area contributed by atoms with Crippen LogP contribution in [0.1, 0.15) is 36.0 Å². The Kier molecular flexibility index (Phi) is 3.97. The summed E-state index contributed by atoms with van der Waals surface area (Å²) in [5, 5.41) is 12.2. The molecule has 0 aliphatic rings. The van der Waals surface area contributed by atoms with E-state index in [1.165, 1.54) is 5.56 Å². The van der Waals surface area contributed by atoms with Crippen molar-refractivity contribution in [3.05, 3.63) is 57.8 Å². The fourth-order valence-electron chi connectivity index (χ4n) is 1.97. The zero-order valence-corrected chi connectivity index (χ0v) is 11.1. The molecule has 0 bridgehead atoms. The maximum Gasteiger partial charge on any atom is 0.113 e. The molecule has 0 radical (unpaired) electrons. The van der Waals surface area contributed by atoms with E-state index in [0.29, 0.717) is 5.92 Å². The minimum Gasteiger partial charge on any atom is -0.383 e. The van der Waals surface area contributed by atoms with E-state index >= 15 is 0 Å². The molecule has 2 rings (SSSR count). The molecule has 0 saturated carbocycles. The summed E-state index contributed by atoms with van der Waals surface area (Å²) in [5.74, 6) is 0.643. The van der Waals surface area contributed by atoms with E-state index in [2.05, 4.69) is 26.0 Å². The third kappa shape index (κ3) is 3.18. The van der Waals surface area contributed by atoms with Crippen LogP contribution in [0.3, 0.4) is 0 Å². The Balaban J connectivity index is 2.21. The Morgan fingerprint density at radius 2 is 2.00 bits per heavy atom. The molecule has 0 aliphatic carbocycles. The average molecular weight is 246 g/mol. The van der Waals surface area contributed by atoms with Crippen molar-refractivity contribution in [3.63, 3.8) is 0 Å². The Morgan fingerprint density at radius 3 is 2.65 bits per heavy atom. The van der Waals surface area contributed by atoms with Crippen LogP contribution in [0.15, 0.2) is 41.8 Å². The third-order valence-corrected chi connectivity index (χ3v) is 3.65. The van der Waals surface area contributed by atoms with E-state index in [9.17, 15) is 5.11 Å². The summed E-state index contributed by atoms with van der Waals surface area (Å²) >= 11 is 1.60. The molecule has 1 N–H and O–H groups in total. The normalized spacial score (nSPS) is 12.9. The zero-order valence-electron chi connectivity index (χ0n) is 10.3. The van der Waals surface area contributed by atoms with Crippen LogP contribution in [-0.2, 0) is 6.42 Å². The van der Waals surface area contributed by atoms with Gasteiger partial charge in [0.1, 0.15) is 6.10 Å². The number of aliphatic hydroxyl groups excluding tert-OH is 1. The van der Waals surface area contributed by atoms with Gasteiger partial charge in [0.05, 0.1) is 0 Å². The van der Waals surface area contributed by atoms with Gasteiger partial charge < -0.3 is 5.11 Å². The second-order valence-corrected chi connectivity index (χ2v) is 5.74. The summed E-state index contributed by atoms with van der Waals surface area (Å²) in [6.07, 6.45) is 0.576. The smallest absolute Gasteiger partial charge is 0.113 e. The molecule has 17 heavy (non-hydrogen) atoms. The van der Waals surface area contributed by atoms with Gasteiger partial charge in [-0.1, -0.05) is 44.2 Å². The SMILES string of the molecule is CC(C)Cc1cccc(C(O)c2cccs2)c1. The molecule has 0 fully saturated rings. The molecule has 1 heterocycles. The maximum absolute atomic E-state index is 10.2. The van der Waals surface area contributed by atoms with Gasteiger partial charge in [-0.15, -0.1) is 11.3 Å². The van der Waals surface area contributed by atoms with Crippen molar-refractivity contribution in [1.82, 2.24) is 0 Å². The molecule has 2 heteroatoms. The van der Waals surface area contributed by atoms with Crippen LogP contribution in [0.2, 0.25) is 0 Å². The van der Waals surface area contributed by atoms with Crippen molar-refractivity contribution >= 4 is 11.3 Å². The minimum atomic E-state index is -0.484. The number of hydrogen-bond donors (Lipinski definition) is 1. The van der Waals surface area contributed by atoms with E-state index in [1.807, 2.05) is 29.6 Å². The standard InChI is InChI=1S/C15H18OS/c1-11(2)9-12-5-3-6-13(10-12)15(16)14-7-4-8-17-14/h3-8,10-11,15-16H,9H2,1-2H3. The largest absolute Gasteiger partial charge is 0.383 e. The minimum absolute atomic E-state index is 0.484. The van der Waals surface area contributed by atoms with E-state index < -0.39 is 6.10 Å². The highest BCUT2D eigenvalue weighted by molar-refractivity contribution is 7.10. The maximum atomic E-state index is 10.2. The first-order valence-corrected chi connectivity index (χ1v) is 6.85. The molecule has 0 spiro atoms. The first-order valence-electron chi connectivity index (χ1n) is 5.97. The van der Waals surface area contributed by atoms with Gasteiger partial charge in [0.25, 0.3) is 0 Å². The summed E-state index contributed by atoms with van der Waals surface area (Å²) < 4.78 is 0. The second-order valence-electron chi connectivity index (χ2n) is 4.76. The first-order chi connectivity index (χ1) is 8.16. The lowest BCUT2D eigenvalue weighted by Gasteiger charge is -2.11. The fourth-order valence-corrected chi connectivity index (χ4v) is 2.71. The highest BCUT2D eigenvalue weighted by Gasteiger charge is 2.11. The molecule has 1 nitrogen and oxygen atoms in total. The lowest BCUT2D eigenvalue weighted by Crippen LogP contribution is -2.00. The Labute approximate surface area is 107 Å². The number of rotatable bonds is 4. The number of benzene rings is 1.